The van der Waals surface area contributed by atoms with Crippen molar-refractivity contribution in [2.45, 2.75) is 13.8 Å². The van der Waals surface area contributed by atoms with E-state index < -0.39 is 0 Å². The molecule has 0 atom stereocenters. The van der Waals surface area contributed by atoms with Crippen molar-refractivity contribution in [2.75, 3.05) is 5.32 Å². The first-order chi connectivity index (χ1) is 11.0. The predicted molar refractivity (Wildman–Crippen MR) is 91.9 cm³/mol. The second-order valence-electron chi connectivity index (χ2n) is 4.88. The lowest BCUT2D eigenvalue weighted by atomic mass is 10.1. The molecule has 2 N–H and O–H groups in total. The summed E-state index contributed by atoms with van der Waals surface area (Å²) in [6, 6.07) is 13.9. The molecule has 5 nitrogen and oxygen atoms in total. The van der Waals surface area contributed by atoms with Crippen LogP contribution in [0.15, 0.2) is 53.6 Å². The van der Waals surface area contributed by atoms with E-state index in [-0.39, 0.29) is 11.8 Å². The lowest BCUT2D eigenvalue weighted by molar-refractivity contribution is -0.114. The fourth-order valence-electron chi connectivity index (χ4n) is 1.93. The quantitative estimate of drug-likeness (QED) is 0.666. The molecule has 2 amide bonds. The number of carbonyl (C=O) groups excluding carboxylic acids is 2. The topological polar surface area (TPSA) is 70.6 Å². The number of halogens is 1. The summed E-state index contributed by atoms with van der Waals surface area (Å²) in [6.45, 7) is 3.21. The van der Waals surface area contributed by atoms with Crippen LogP contribution < -0.4 is 10.7 Å². The molecule has 23 heavy (non-hydrogen) atoms. The average Bonchev–Trinajstić information content (AvgIpc) is 2.52. The molecule has 0 bridgehead atoms. The van der Waals surface area contributed by atoms with Crippen LogP contribution in [0.5, 0.6) is 0 Å². The van der Waals surface area contributed by atoms with E-state index in [4.69, 9.17) is 11.6 Å². The molecule has 0 spiro atoms. The summed E-state index contributed by atoms with van der Waals surface area (Å²) in [5, 5.41) is 7.14. The molecule has 0 radical (unpaired) electrons. The molecule has 0 unspecified atom stereocenters. The van der Waals surface area contributed by atoms with Gasteiger partial charge in [-0.05, 0) is 36.8 Å². The van der Waals surface area contributed by atoms with Crippen molar-refractivity contribution < 1.29 is 9.59 Å². The number of rotatable bonds is 4. The zero-order chi connectivity index (χ0) is 16.8. The van der Waals surface area contributed by atoms with Crippen LogP contribution in [0.2, 0.25) is 5.02 Å². The zero-order valence-electron chi connectivity index (χ0n) is 12.8. The van der Waals surface area contributed by atoms with Gasteiger partial charge in [0, 0.05) is 12.6 Å². The first-order valence-electron chi connectivity index (χ1n) is 6.94. The molecule has 0 aliphatic carbocycles. The van der Waals surface area contributed by atoms with Crippen molar-refractivity contribution >= 4 is 34.8 Å². The second kappa shape index (κ2) is 7.56. The van der Waals surface area contributed by atoms with Crippen LogP contribution in [-0.4, -0.2) is 17.5 Å². The summed E-state index contributed by atoms with van der Waals surface area (Å²) >= 11 is 5.97. The second-order valence-corrected chi connectivity index (χ2v) is 5.29. The highest BCUT2D eigenvalue weighted by Gasteiger charge is 2.09. The number of hydrazone groups is 1. The van der Waals surface area contributed by atoms with E-state index in [0.29, 0.717) is 22.0 Å². The Bertz CT molecular complexity index is 772. The van der Waals surface area contributed by atoms with Crippen LogP contribution in [0.3, 0.4) is 0 Å². The number of nitrogens with one attached hydrogen (secondary N) is 2. The number of benzene rings is 2. The van der Waals surface area contributed by atoms with Gasteiger partial charge >= 0.3 is 0 Å². The summed E-state index contributed by atoms with van der Waals surface area (Å²) in [5.74, 6) is -0.531. The van der Waals surface area contributed by atoms with Crippen molar-refractivity contribution in [3.05, 3.63) is 64.7 Å². The fraction of sp³-hybridized carbons (Fsp3) is 0.118. The minimum absolute atomic E-state index is 0.149. The molecule has 0 aliphatic heterocycles. The predicted octanol–water partition coefficient (Wildman–Crippen LogP) is 3.45. The van der Waals surface area contributed by atoms with E-state index in [2.05, 4.69) is 15.8 Å². The standard InChI is InChI=1S/C17H16ClN3O2/c1-11(13-6-5-7-14(10-13)19-12(2)22)20-21-17(23)15-8-3-4-9-16(15)18/h3-10H,1-2H3,(H,19,22)(H,21,23). The Morgan fingerprint density at radius 1 is 1.04 bits per heavy atom. The van der Waals surface area contributed by atoms with Gasteiger partial charge in [-0.15, -0.1) is 0 Å². The van der Waals surface area contributed by atoms with Gasteiger partial charge in [0.05, 0.1) is 16.3 Å². The largest absolute Gasteiger partial charge is 0.326 e. The molecular formula is C17H16ClN3O2. The third-order valence-corrected chi connectivity index (χ3v) is 3.37. The van der Waals surface area contributed by atoms with Crippen LogP contribution in [0.25, 0.3) is 0 Å². The van der Waals surface area contributed by atoms with Crippen LogP contribution >= 0.6 is 11.6 Å². The molecular weight excluding hydrogens is 314 g/mol. The number of amides is 2. The lowest BCUT2D eigenvalue weighted by Crippen LogP contribution is -2.19. The van der Waals surface area contributed by atoms with Gasteiger partial charge in [-0.1, -0.05) is 35.9 Å². The Labute approximate surface area is 139 Å². The Balaban J connectivity index is 2.12. The van der Waals surface area contributed by atoms with E-state index >= 15 is 0 Å². The van der Waals surface area contributed by atoms with Gasteiger partial charge in [-0.25, -0.2) is 5.43 Å². The molecule has 118 valence electrons. The summed E-state index contributed by atoms with van der Waals surface area (Å²) in [4.78, 5) is 23.1. The third-order valence-electron chi connectivity index (χ3n) is 3.04. The van der Waals surface area contributed by atoms with E-state index in [9.17, 15) is 9.59 Å². The van der Waals surface area contributed by atoms with Crippen LogP contribution in [0.1, 0.15) is 29.8 Å². The van der Waals surface area contributed by atoms with Crippen molar-refractivity contribution in [2.24, 2.45) is 5.10 Å². The van der Waals surface area contributed by atoms with Crippen molar-refractivity contribution in [3.8, 4) is 0 Å². The molecule has 0 saturated carbocycles. The minimum atomic E-state index is -0.382. The van der Waals surface area contributed by atoms with E-state index in [0.717, 1.165) is 5.56 Å². The van der Waals surface area contributed by atoms with Gasteiger partial charge in [0.2, 0.25) is 5.91 Å². The van der Waals surface area contributed by atoms with Crippen LogP contribution in [0.4, 0.5) is 5.69 Å². The summed E-state index contributed by atoms with van der Waals surface area (Å²) < 4.78 is 0. The Kier molecular flexibility index (Phi) is 5.49. The van der Waals surface area contributed by atoms with E-state index in [1.165, 1.54) is 6.92 Å². The highest BCUT2D eigenvalue weighted by atomic mass is 35.5. The number of anilines is 1. The number of hydrogen-bond acceptors (Lipinski definition) is 3. The van der Waals surface area contributed by atoms with Crippen molar-refractivity contribution in [1.82, 2.24) is 5.43 Å². The number of carbonyl (C=O) groups is 2. The highest BCUT2D eigenvalue weighted by molar-refractivity contribution is 6.33. The van der Waals surface area contributed by atoms with Gasteiger partial charge in [0.15, 0.2) is 0 Å². The molecule has 2 rings (SSSR count). The third kappa shape index (κ3) is 4.66. The van der Waals surface area contributed by atoms with E-state index in [1.807, 2.05) is 6.07 Å². The normalized spacial score (nSPS) is 11.0. The van der Waals surface area contributed by atoms with Gasteiger partial charge < -0.3 is 5.32 Å². The van der Waals surface area contributed by atoms with Gasteiger partial charge in [-0.3, -0.25) is 9.59 Å². The summed E-state index contributed by atoms with van der Waals surface area (Å²) in [5.41, 5.74) is 4.90. The number of hydrogen-bond donors (Lipinski definition) is 2. The molecule has 2 aromatic rings. The maximum absolute atomic E-state index is 12.1. The first-order valence-corrected chi connectivity index (χ1v) is 7.32. The maximum atomic E-state index is 12.1. The molecule has 0 fully saturated rings. The van der Waals surface area contributed by atoms with Gasteiger partial charge in [0.1, 0.15) is 0 Å². The van der Waals surface area contributed by atoms with Gasteiger partial charge in [-0.2, -0.15) is 5.10 Å². The monoisotopic (exact) mass is 329 g/mol. The number of nitrogens with zero attached hydrogens (tertiary/aromatic N) is 1. The van der Waals surface area contributed by atoms with Gasteiger partial charge in [0.25, 0.3) is 5.91 Å². The molecule has 0 aliphatic rings. The molecule has 0 aromatic heterocycles. The zero-order valence-corrected chi connectivity index (χ0v) is 13.5. The van der Waals surface area contributed by atoms with Crippen molar-refractivity contribution in [1.29, 1.82) is 0 Å². The van der Waals surface area contributed by atoms with Crippen LogP contribution in [0, 0.1) is 0 Å². The first kappa shape index (κ1) is 16.7. The Morgan fingerprint density at radius 3 is 2.48 bits per heavy atom. The lowest BCUT2D eigenvalue weighted by Gasteiger charge is -2.06. The summed E-state index contributed by atoms with van der Waals surface area (Å²) in [6.07, 6.45) is 0. The Hall–Kier alpha value is -2.66. The molecule has 6 heteroatoms. The average molecular weight is 330 g/mol. The Morgan fingerprint density at radius 2 is 1.78 bits per heavy atom. The SMILES string of the molecule is CC(=O)Nc1cccc(C(C)=NNC(=O)c2ccccc2Cl)c1. The molecule has 2 aromatic carbocycles. The smallest absolute Gasteiger partial charge is 0.272 e. The summed E-state index contributed by atoms with van der Waals surface area (Å²) in [7, 11) is 0. The minimum Gasteiger partial charge on any atom is -0.326 e. The maximum Gasteiger partial charge on any atom is 0.272 e. The van der Waals surface area contributed by atoms with Crippen molar-refractivity contribution in [3.63, 3.8) is 0 Å². The fourth-order valence-corrected chi connectivity index (χ4v) is 2.15. The van der Waals surface area contributed by atoms with Crippen LogP contribution in [-0.2, 0) is 4.79 Å². The van der Waals surface area contributed by atoms with E-state index in [1.54, 1.807) is 49.4 Å². The molecule has 0 heterocycles. The highest BCUT2D eigenvalue weighted by Crippen LogP contribution is 2.15. The molecule has 0 saturated heterocycles.